The zero-order chi connectivity index (χ0) is 78.1. The summed E-state index contributed by atoms with van der Waals surface area (Å²) in [7, 11) is 0. The molecule has 0 fully saturated rings. The SMILES string of the molecule is N#Cc1ccc(OCC(COc2ccc(C#N)cc2)(COc2ccc(C#N)cc2)Cn2nc3c(-c4ccc(N(c5ccccc5)c5ccccc5)cc4)c4n[n+](CC(COc5ccc(C#N)cc5)(COc5ccc(C#N)cc5)COc5ccc(C#N)cc5)[n-]c4c(-c4ccc(N(c5ccccc5)c5ccccc5)cc4)c3n2)cc1. The van der Waals surface area contributed by atoms with E-state index in [1.165, 1.54) is 0 Å². The lowest BCUT2D eigenvalue weighted by Gasteiger charge is -2.32. The van der Waals surface area contributed by atoms with E-state index in [0.717, 1.165) is 34.1 Å². The summed E-state index contributed by atoms with van der Waals surface area (Å²) < 4.78 is 40.7. The van der Waals surface area contributed by atoms with Gasteiger partial charge in [0.1, 0.15) is 90.6 Å². The van der Waals surface area contributed by atoms with E-state index in [9.17, 15) is 31.6 Å². The van der Waals surface area contributed by atoms with Gasteiger partial charge >= 0.3 is 0 Å². The summed E-state index contributed by atoms with van der Waals surface area (Å²) in [5.41, 5.74) is 10.2. The number of rotatable bonds is 30. The molecule has 15 aromatic rings. The van der Waals surface area contributed by atoms with Crippen LogP contribution in [0.15, 0.2) is 315 Å². The highest BCUT2D eigenvalue weighted by atomic mass is 16.5. The van der Waals surface area contributed by atoms with E-state index < -0.39 is 10.8 Å². The number of nitrogens with zero attached hydrogens (tertiary/aromatic N) is 14. The van der Waals surface area contributed by atoms with Crippen molar-refractivity contribution in [2.75, 3.05) is 49.4 Å². The number of para-hydroxylation sites is 4. The molecule has 2 heterocycles. The Morgan fingerprint density at radius 2 is 0.553 bits per heavy atom. The summed E-state index contributed by atoms with van der Waals surface area (Å²) in [6.07, 6.45) is 0. The largest absolute Gasteiger partial charge is 0.493 e. The molecule has 13 aromatic carbocycles. The molecule has 0 saturated carbocycles. The maximum absolute atomic E-state index is 9.85. The van der Waals surface area contributed by atoms with Gasteiger partial charge in [-0.15, -0.1) is 0 Å². The molecule has 0 bridgehead atoms. The molecule has 2 aromatic heterocycles. The zero-order valence-electron chi connectivity index (χ0n) is 61.4. The smallest absolute Gasteiger partial charge is 0.178 e. The van der Waals surface area contributed by atoms with Crippen molar-refractivity contribution in [3.8, 4) is 93.2 Å². The van der Waals surface area contributed by atoms with Crippen LogP contribution in [0, 0.1) is 78.8 Å². The predicted octanol–water partition coefficient (Wildman–Crippen LogP) is 18.2. The third-order valence-corrected chi connectivity index (χ3v) is 19.3. The highest BCUT2D eigenvalue weighted by molar-refractivity contribution is 6.16. The second-order valence-corrected chi connectivity index (χ2v) is 27.3. The molecule has 0 saturated heterocycles. The number of ether oxygens (including phenoxy) is 6. The standard InChI is InChI=1S/C94H68N14O6/c95-53-67-21-41-81(42-22-67)109-61-93(62-110-82-43-23-68(54-96)24-44-82,63-111-83-45-25-69(55-97)26-46-83)59-105-101-89-87(73-33-37-79(38-34-73)107(75-13-5-1-6-14-75)76-15-7-2-8-16-76)90-92(88(91(89)103-105)74-35-39-80(40-36-74)108(77-17-9-3-10-18-77)78-19-11-4-12-20-78)104-106(102-90)60-94(64-112-84-47-27-70(56-98)28-48-84,65-113-85-49-29-71(57-99)30-50-85)66-114-86-51-31-72(58-100)32-52-86/h1-52H,59-66H2. The average Bonchev–Trinajstić information content (AvgIpc) is 1.55. The Hall–Kier alpha value is -16.0. The van der Waals surface area contributed by atoms with E-state index in [2.05, 4.69) is 143 Å². The van der Waals surface area contributed by atoms with E-state index in [1.807, 2.05) is 72.8 Å². The molecule has 20 heteroatoms. The molecule has 550 valence electrons. The van der Waals surface area contributed by atoms with Gasteiger partial charge in [0.2, 0.25) is 0 Å². The normalized spacial score (nSPS) is 11.0. The Bertz CT molecular complexity index is 5290. The molecule has 114 heavy (non-hydrogen) atoms. The summed E-state index contributed by atoms with van der Waals surface area (Å²) in [4.78, 5) is 7.66. The number of hydrogen-bond acceptors (Lipinski definition) is 17. The second-order valence-electron chi connectivity index (χ2n) is 27.3. The zero-order valence-corrected chi connectivity index (χ0v) is 61.4. The third kappa shape index (κ3) is 17.0. The second kappa shape index (κ2) is 34.1. The monoisotopic (exact) mass is 1490 g/mol. The Morgan fingerprint density at radius 1 is 0.298 bits per heavy atom. The molecular formula is C94H68N14O6. The molecule has 0 atom stereocenters. The van der Waals surface area contributed by atoms with E-state index >= 15 is 0 Å². The quantitative estimate of drug-likeness (QED) is 0.0379. The van der Waals surface area contributed by atoms with Crippen LogP contribution in [-0.4, -0.2) is 59.7 Å². The van der Waals surface area contributed by atoms with Gasteiger partial charge in [-0.25, -0.2) is 0 Å². The fourth-order valence-electron chi connectivity index (χ4n) is 13.3. The lowest BCUT2D eigenvalue weighted by Crippen LogP contribution is -2.55. The summed E-state index contributed by atoms with van der Waals surface area (Å²) in [5, 5.41) is 81.7. The highest BCUT2D eigenvalue weighted by Gasteiger charge is 2.41. The fourth-order valence-corrected chi connectivity index (χ4v) is 13.3. The van der Waals surface area contributed by atoms with Crippen LogP contribution in [0.2, 0.25) is 0 Å². The summed E-state index contributed by atoms with van der Waals surface area (Å²) in [5.74, 6) is 2.82. The van der Waals surface area contributed by atoms with Crippen LogP contribution in [0.5, 0.6) is 34.5 Å². The van der Waals surface area contributed by atoms with E-state index in [0.29, 0.717) is 112 Å². The van der Waals surface area contributed by atoms with Gasteiger partial charge in [0, 0.05) is 56.3 Å². The fraction of sp³-hybridized carbons (Fsp3) is 0.106. The van der Waals surface area contributed by atoms with Gasteiger partial charge < -0.3 is 38.2 Å². The van der Waals surface area contributed by atoms with Crippen molar-refractivity contribution >= 4 is 56.2 Å². The van der Waals surface area contributed by atoms with Gasteiger partial charge in [0.25, 0.3) is 0 Å². The number of hydrogen-bond donors (Lipinski definition) is 0. The maximum atomic E-state index is 9.85. The van der Waals surface area contributed by atoms with Crippen molar-refractivity contribution in [2.45, 2.75) is 13.1 Å². The van der Waals surface area contributed by atoms with Gasteiger partial charge in [-0.1, -0.05) is 97.1 Å². The first-order chi connectivity index (χ1) is 56.0. The van der Waals surface area contributed by atoms with Crippen molar-refractivity contribution in [3.05, 3.63) is 349 Å². The van der Waals surface area contributed by atoms with Crippen molar-refractivity contribution in [1.29, 1.82) is 31.6 Å². The van der Waals surface area contributed by atoms with E-state index in [-0.39, 0.29) is 52.7 Å². The van der Waals surface area contributed by atoms with Crippen molar-refractivity contribution in [3.63, 3.8) is 0 Å². The first-order valence-electron chi connectivity index (χ1n) is 36.5. The molecular weight excluding hydrogens is 1420 g/mol. The number of aromatic nitrogens is 6. The van der Waals surface area contributed by atoms with Crippen LogP contribution >= 0.6 is 0 Å². The van der Waals surface area contributed by atoms with Gasteiger partial charge in [-0.2, -0.15) is 61.6 Å². The molecule has 0 aliphatic heterocycles. The molecule has 0 N–H and O–H groups in total. The Kier molecular flexibility index (Phi) is 22.0. The van der Waals surface area contributed by atoms with Gasteiger partial charge in [0.15, 0.2) is 6.54 Å². The Labute approximate surface area is 657 Å². The average molecular weight is 1490 g/mol. The molecule has 0 unspecified atom stereocenters. The third-order valence-electron chi connectivity index (χ3n) is 19.3. The highest BCUT2D eigenvalue weighted by Crippen LogP contribution is 2.45. The summed E-state index contributed by atoms with van der Waals surface area (Å²) in [6.45, 7) is -0.356. The molecule has 20 nitrogen and oxygen atoms in total. The topological polar surface area (TPSA) is 266 Å². The van der Waals surface area contributed by atoms with Crippen molar-refractivity contribution in [2.24, 2.45) is 10.8 Å². The minimum atomic E-state index is -1.19. The molecule has 0 radical (unpaired) electrons. The number of fused-ring (bicyclic) bond motifs is 2. The first kappa shape index (κ1) is 73.5. The molecule has 0 aliphatic rings. The van der Waals surface area contributed by atoms with Crippen LogP contribution in [0.4, 0.5) is 34.1 Å². The number of nitriles is 6. The lowest BCUT2D eigenvalue weighted by molar-refractivity contribution is -0.814. The van der Waals surface area contributed by atoms with Gasteiger partial charge in [-0.3, -0.25) is 0 Å². The minimum Gasteiger partial charge on any atom is -0.493 e. The summed E-state index contributed by atoms with van der Waals surface area (Å²) >= 11 is 0. The lowest BCUT2D eigenvalue weighted by atomic mass is 9.91. The van der Waals surface area contributed by atoms with E-state index in [4.69, 9.17) is 48.8 Å². The van der Waals surface area contributed by atoms with Gasteiger partial charge in [-0.05, 0) is 230 Å². The molecule has 0 aliphatic carbocycles. The van der Waals surface area contributed by atoms with E-state index in [1.54, 1.807) is 155 Å². The number of anilines is 6. The molecule has 0 amide bonds. The van der Waals surface area contributed by atoms with Gasteiger partial charge in [0.05, 0.1) is 81.8 Å². The van der Waals surface area contributed by atoms with Crippen LogP contribution in [0.3, 0.4) is 0 Å². The van der Waals surface area contributed by atoms with Crippen LogP contribution in [-0.2, 0) is 13.1 Å². The first-order valence-corrected chi connectivity index (χ1v) is 36.5. The van der Waals surface area contributed by atoms with Crippen LogP contribution in [0.25, 0.3) is 44.3 Å². The predicted molar refractivity (Wildman–Crippen MR) is 431 cm³/mol. The Balaban J connectivity index is 0.959. The van der Waals surface area contributed by atoms with Crippen LogP contribution in [0.1, 0.15) is 33.4 Å². The molecule has 15 rings (SSSR count). The van der Waals surface area contributed by atoms with Crippen molar-refractivity contribution in [1.82, 2.24) is 25.2 Å². The van der Waals surface area contributed by atoms with Crippen molar-refractivity contribution < 1.29 is 33.2 Å². The van der Waals surface area contributed by atoms with Crippen LogP contribution < -0.4 is 48.1 Å². The Morgan fingerprint density at radius 3 is 0.833 bits per heavy atom. The summed E-state index contributed by atoms with van der Waals surface area (Å²) in [6, 6.07) is 111. The number of benzene rings is 13. The minimum absolute atomic E-state index is 0.0151. The maximum Gasteiger partial charge on any atom is 0.178 e. The molecule has 0 spiro atoms.